The zero-order chi connectivity index (χ0) is 13.0. The van der Waals surface area contributed by atoms with E-state index in [1.54, 1.807) is 0 Å². The monoisotopic (exact) mass is 252 g/mol. The van der Waals surface area contributed by atoms with E-state index in [1.807, 2.05) is 22.9 Å². The van der Waals surface area contributed by atoms with E-state index in [2.05, 4.69) is 67.6 Å². The molecular formula is C16H18NSi+. The first-order valence-corrected chi connectivity index (χ1v) is 9.65. The van der Waals surface area contributed by atoms with Crippen molar-refractivity contribution in [1.29, 1.82) is 0 Å². The van der Waals surface area contributed by atoms with Gasteiger partial charge in [0.2, 0.25) is 11.7 Å². The molecule has 0 atom stereocenters. The van der Waals surface area contributed by atoms with Crippen molar-refractivity contribution < 1.29 is 4.57 Å². The van der Waals surface area contributed by atoms with E-state index in [0.717, 1.165) is 5.69 Å². The summed E-state index contributed by atoms with van der Waals surface area (Å²) in [5, 5.41) is 0. The maximum atomic E-state index is 3.40. The molecular weight excluding hydrogens is 234 g/mol. The van der Waals surface area contributed by atoms with E-state index < -0.39 is 8.07 Å². The number of benzene rings is 1. The number of pyridine rings is 1. The molecule has 2 heteroatoms. The van der Waals surface area contributed by atoms with E-state index in [4.69, 9.17) is 0 Å². The molecule has 0 aliphatic heterocycles. The van der Waals surface area contributed by atoms with Crippen LogP contribution in [0.2, 0.25) is 19.6 Å². The van der Waals surface area contributed by atoms with Crippen LogP contribution >= 0.6 is 0 Å². The fourth-order valence-electron chi connectivity index (χ4n) is 1.61. The maximum Gasteiger partial charge on any atom is 0.228 e. The van der Waals surface area contributed by atoms with Gasteiger partial charge in [0.25, 0.3) is 0 Å². The lowest BCUT2D eigenvalue weighted by molar-refractivity contribution is -0.571. The molecule has 2 rings (SSSR count). The third-order valence-electron chi connectivity index (χ3n) is 2.48. The summed E-state index contributed by atoms with van der Waals surface area (Å²) in [5.74, 6) is 0. The van der Waals surface area contributed by atoms with Gasteiger partial charge in [-0.05, 0) is 18.2 Å². The van der Waals surface area contributed by atoms with Crippen LogP contribution in [-0.2, 0) is 0 Å². The van der Waals surface area contributed by atoms with Gasteiger partial charge in [0.05, 0.1) is 0 Å². The van der Waals surface area contributed by atoms with Crippen LogP contribution < -0.4 is 4.57 Å². The summed E-state index contributed by atoms with van der Waals surface area (Å²) in [6.45, 7) is 6.77. The van der Waals surface area contributed by atoms with Crippen molar-refractivity contribution >= 4 is 8.07 Å². The molecule has 0 spiro atoms. The zero-order valence-electron chi connectivity index (χ0n) is 11.1. The highest BCUT2D eigenvalue weighted by atomic mass is 28.3. The van der Waals surface area contributed by atoms with Crippen molar-refractivity contribution in [3.63, 3.8) is 0 Å². The van der Waals surface area contributed by atoms with E-state index in [9.17, 15) is 0 Å². The molecule has 0 saturated heterocycles. The Morgan fingerprint density at radius 1 is 0.889 bits per heavy atom. The van der Waals surface area contributed by atoms with Crippen LogP contribution in [0.1, 0.15) is 0 Å². The Morgan fingerprint density at radius 2 is 1.56 bits per heavy atom. The van der Waals surface area contributed by atoms with Gasteiger partial charge in [-0.15, -0.1) is 4.57 Å². The van der Waals surface area contributed by atoms with Crippen molar-refractivity contribution in [1.82, 2.24) is 0 Å². The second kappa shape index (κ2) is 5.20. The molecule has 1 nitrogen and oxygen atoms in total. The highest BCUT2D eigenvalue weighted by Crippen LogP contribution is 2.13. The normalized spacial score (nSPS) is 10.6. The van der Waals surface area contributed by atoms with E-state index in [1.165, 1.54) is 5.56 Å². The average molecular weight is 252 g/mol. The lowest BCUT2D eigenvalue weighted by Crippen LogP contribution is -2.32. The molecule has 0 aliphatic carbocycles. The maximum absolute atomic E-state index is 3.40. The molecule has 1 aromatic heterocycles. The molecule has 18 heavy (non-hydrogen) atoms. The summed E-state index contributed by atoms with van der Waals surface area (Å²) in [4.78, 5) is 0. The van der Waals surface area contributed by atoms with Gasteiger partial charge in [0.1, 0.15) is 8.07 Å². The van der Waals surface area contributed by atoms with Crippen LogP contribution in [-0.4, -0.2) is 8.07 Å². The second-order valence-electron chi connectivity index (χ2n) is 5.31. The smallest absolute Gasteiger partial charge is 0.112 e. The first-order valence-electron chi connectivity index (χ1n) is 6.15. The lowest BCUT2D eigenvalue weighted by Gasteiger charge is -2.02. The minimum atomic E-state index is -1.35. The van der Waals surface area contributed by atoms with Crippen LogP contribution in [0.25, 0.3) is 11.3 Å². The van der Waals surface area contributed by atoms with Gasteiger partial charge in [-0.3, -0.25) is 0 Å². The van der Waals surface area contributed by atoms with Crippen molar-refractivity contribution in [3.8, 4) is 22.8 Å². The van der Waals surface area contributed by atoms with Crippen molar-refractivity contribution in [2.45, 2.75) is 19.6 Å². The fourth-order valence-corrected chi connectivity index (χ4v) is 2.07. The van der Waals surface area contributed by atoms with Gasteiger partial charge in [-0.2, -0.15) is 0 Å². The van der Waals surface area contributed by atoms with Crippen LogP contribution in [0.15, 0.2) is 54.7 Å². The molecule has 1 aromatic carbocycles. The Kier molecular flexibility index (Phi) is 3.64. The minimum absolute atomic E-state index is 1.14. The van der Waals surface area contributed by atoms with Crippen molar-refractivity contribution in [2.24, 2.45) is 0 Å². The SMILES string of the molecule is C[Si](C)(C)C#C[n+]1ccccc1-c1ccccc1. The molecule has 0 fully saturated rings. The summed E-state index contributed by atoms with van der Waals surface area (Å²) in [6.07, 6.45) is 2.02. The summed E-state index contributed by atoms with van der Waals surface area (Å²) in [6, 6.07) is 19.8. The molecule has 1 heterocycles. The molecule has 0 aliphatic rings. The molecule has 90 valence electrons. The third-order valence-corrected chi connectivity index (χ3v) is 3.34. The van der Waals surface area contributed by atoms with Gasteiger partial charge in [0.15, 0.2) is 6.20 Å². The van der Waals surface area contributed by atoms with Gasteiger partial charge in [-0.25, -0.2) is 0 Å². The first kappa shape index (κ1) is 12.6. The quantitative estimate of drug-likeness (QED) is 0.416. The van der Waals surface area contributed by atoms with Crippen molar-refractivity contribution in [3.05, 3.63) is 54.7 Å². The molecule has 0 saturated carbocycles. The number of hydrogen-bond donors (Lipinski definition) is 0. The predicted molar refractivity (Wildman–Crippen MR) is 78.6 cm³/mol. The lowest BCUT2D eigenvalue weighted by atomic mass is 10.1. The molecule has 0 N–H and O–H groups in total. The largest absolute Gasteiger partial charge is 0.228 e. The van der Waals surface area contributed by atoms with Crippen LogP contribution in [0.4, 0.5) is 0 Å². The Labute approximate surface area is 110 Å². The Balaban J connectivity index is 2.47. The van der Waals surface area contributed by atoms with Gasteiger partial charge < -0.3 is 0 Å². The number of rotatable bonds is 1. The number of hydrogen-bond acceptors (Lipinski definition) is 0. The van der Waals surface area contributed by atoms with Crippen LogP contribution in [0, 0.1) is 11.6 Å². The first-order chi connectivity index (χ1) is 8.56. The van der Waals surface area contributed by atoms with E-state index in [0.29, 0.717) is 0 Å². The minimum Gasteiger partial charge on any atom is -0.112 e. The third kappa shape index (κ3) is 3.32. The second-order valence-corrected chi connectivity index (χ2v) is 10.1. The molecule has 2 aromatic rings. The number of nitrogens with zero attached hydrogens (tertiary/aromatic N) is 1. The van der Waals surface area contributed by atoms with Crippen molar-refractivity contribution in [2.75, 3.05) is 0 Å². The summed E-state index contributed by atoms with van der Waals surface area (Å²) >= 11 is 0. The van der Waals surface area contributed by atoms with Crippen LogP contribution in [0.5, 0.6) is 0 Å². The Bertz CT molecular complexity index is 586. The molecule has 0 unspecified atom stereocenters. The predicted octanol–water partition coefficient (Wildman–Crippen LogP) is 3.33. The average Bonchev–Trinajstić information content (AvgIpc) is 2.37. The molecule has 0 amide bonds. The topological polar surface area (TPSA) is 3.88 Å². The summed E-state index contributed by atoms with van der Waals surface area (Å²) in [5.41, 5.74) is 5.74. The Hall–Kier alpha value is -1.85. The summed E-state index contributed by atoms with van der Waals surface area (Å²) in [7, 11) is -1.35. The highest BCUT2D eigenvalue weighted by Gasteiger charge is 2.13. The standard InChI is InChI=1S/C16H18NSi/c1-18(2,3)14-13-17-12-8-7-11-16(17)15-9-5-4-6-10-15/h4-12H,1-3H3/q+1. The Morgan fingerprint density at radius 3 is 2.22 bits per heavy atom. The van der Waals surface area contributed by atoms with Gasteiger partial charge in [0, 0.05) is 17.7 Å². The van der Waals surface area contributed by atoms with E-state index >= 15 is 0 Å². The fraction of sp³-hybridized carbons (Fsp3) is 0.188. The molecule has 0 radical (unpaired) electrons. The zero-order valence-corrected chi connectivity index (χ0v) is 12.1. The molecule has 0 bridgehead atoms. The van der Waals surface area contributed by atoms with E-state index in [-0.39, 0.29) is 0 Å². The van der Waals surface area contributed by atoms with Crippen LogP contribution in [0.3, 0.4) is 0 Å². The number of aromatic nitrogens is 1. The summed E-state index contributed by atoms with van der Waals surface area (Å²) < 4.78 is 2.02. The van der Waals surface area contributed by atoms with Gasteiger partial charge >= 0.3 is 0 Å². The van der Waals surface area contributed by atoms with Gasteiger partial charge in [-0.1, -0.05) is 43.4 Å². The highest BCUT2D eigenvalue weighted by molar-refractivity contribution is 6.83.